The van der Waals surface area contributed by atoms with Crippen LogP contribution in [0.4, 0.5) is 0 Å². The fourth-order valence-corrected chi connectivity index (χ4v) is 2.78. The zero-order valence-corrected chi connectivity index (χ0v) is 12.0. The molecule has 0 bridgehead atoms. The van der Waals surface area contributed by atoms with Crippen molar-refractivity contribution in [3.63, 3.8) is 0 Å². The van der Waals surface area contributed by atoms with Gasteiger partial charge < -0.3 is 15.2 Å². The van der Waals surface area contributed by atoms with E-state index in [1.165, 1.54) is 0 Å². The highest BCUT2D eigenvalue weighted by Gasteiger charge is 2.17. The molecule has 0 spiro atoms. The molecule has 0 aliphatic carbocycles. The molecule has 0 aliphatic heterocycles. The number of hydrogen-bond acceptors (Lipinski definition) is 3. The van der Waals surface area contributed by atoms with Crippen LogP contribution in [0, 0.1) is 0 Å². The Kier molecular flexibility index (Phi) is 11.3. The van der Waals surface area contributed by atoms with E-state index < -0.39 is 7.60 Å². The van der Waals surface area contributed by atoms with E-state index in [9.17, 15) is 9.46 Å². The van der Waals surface area contributed by atoms with Crippen LogP contribution >= 0.6 is 7.60 Å². The minimum atomic E-state index is -3.31. The Bertz CT molecular complexity index is 212. The van der Waals surface area contributed by atoms with Gasteiger partial charge in [0.1, 0.15) is 0 Å². The van der Waals surface area contributed by atoms with Crippen LogP contribution in [0.3, 0.4) is 0 Å². The standard InChI is InChI=1S/C12H28NO3P/c1-2-3-4-9-12-17(14,15)16-11-8-6-5-7-10-13/h2-13H2,1H3,(H,14,15). The van der Waals surface area contributed by atoms with Crippen LogP contribution in [-0.2, 0) is 9.09 Å². The van der Waals surface area contributed by atoms with Crippen molar-refractivity contribution in [2.45, 2.75) is 58.3 Å². The maximum absolute atomic E-state index is 11.6. The van der Waals surface area contributed by atoms with Crippen molar-refractivity contribution < 1.29 is 14.0 Å². The average Bonchev–Trinajstić information content (AvgIpc) is 2.29. The van der Waals surface area contributed by atoms with Crippen LogP contribution in [0.15, 0.2) is 0 Å². The molecule has 0 saturated heterocycles. The summed E-state index contributed by atoms with van der Waals surface area (Å²) in [6, 6.07) is 0. The molecule has 0 aromatic heterocycles. The van der Waals surface area contributed by atoms with Crippen LogP contribution < -0.4 is 5.73 Å². The molecule has 0 aromatic rings. The normalized spacial score (nSPS) is 14.8. The summed E-state index contributed by atoms with van der Waals surface area (Å²) >= 11 is 0. The third-order valence-corrected chi connectivity index (χ3v) is 4.15. The fourth-order valence-electron chi connectivity index (χ4n) is 1.61. The van der Waals surface area contributed by atoms with E-state index in [1.807, 2.05) is 0 Å². The van der Waals surface area contributed by atoms with Crippen molar-refractivity contribution in [1.29, 1.82) is 0 Å². The second kappa shape index (κ2) is 11.2. The zero-order valence-electron chi connectivity index (χ0n) is 11.1. The zero-order chi connectivity index (χ0) is 13.0. The molecule has 0 rings (SSSR count). The first kappa shape index (κ1) is 17.1. The van der Waals surface area contributed by atoms with Gasteiger partial charge in [-0.1, -0.05) is 39.0 Å². The molecule has 1 atom stereocenters. The Balaban J connectivity index is 3.40. The van der Waals surface area contributed by atoms with Crippen molar-refractivity contribution >= 4 is 7.60 Å². The minimum Gasteiger partial charge on any atom is -0.330 e. The van der Waals surface area contributed by atoms with Crippen LogP contribution in [0.1, 0.15) is 58.3 Å². The summed E-state index contributed by atoms with van der Waals surface area (Å²) in [7, 11) is -3.31. The summed E-state index contributed by atoms with van der Waals surface area (Å²) in [4.78, 5) is 9.53. The molecule has 17 heavy (non-hydrogen) atoms. The molecule has 104 valence electrons. The minimum absolute atomic E-state index is 0.301. The molecule has 0 radical (unpaired) electrons. The van der Waals surface area contributed by atoms with Crippen molar-refractivity contribution in [3.8, 4) is 0 Å². The summed E-state index contributed by atoms with van der Waals surface area (Å²) in [5, 5.41) is 0. The molecular formula is C12H28NO3P. The number of unbranched alkanes of at least 4 members (excludes halogenated alkanes) is 6. The van der Waals surface area contributed by atoms with Gasteiger partial charge in [-0.25, -0.2) is 0 Å². The van der Waals surface area contributed by atoms with E-state index >= 15 is 0 Å². The molecule has 4 nitrogen and oxygen atoms in total. The Morgan fingerprint density at radius 2 is 1.71 bits per heavy atom. The lowest BCUT2D eigenvalue weighted by molar-refractivity contribution is 0.252. The van der Waals surface area contributed by atoms with Gasteiger partial charge in [-0.3, -0.25) is 4.57 Å². The molecule has 0 aromatic carbocycles. The summed E-state index contributed by atoms with van der Waals surface area (Å²) in [6.07, 6.45) is 8.33. The molecule has 0 fully saturated rings. The summed E-state index contributed by atoms with van der Waals surface area (Å²) in [5.41, 5.74) is 5.38. The van der Waals surface area contributed by atoms with Gasteiger partial charge in [0.05, 0.1) is 6.61 Å². The SMILES string of the molecule is CCCCCCP(=O)(O)OCCCCCCN. The summed E-state index contributed by atoms with van der Waals surface area (Å²) in [6.45, 7) is 3.24. The lowest BCUT2D eigenvalue weighted by Crippen LogP contribution is -2.00. The van der Waals surface area contributed by atoms with Gasteiger partial charge in [0.2, 0.25) is 0 Å². The lowest BCUT2D eigenvalue weighted by Gasteiger charge is -2.11. The monoisotopic (exact) mass is 265 g/mol. The van der Waals surface area contributed by atoms with Gasteiger partial charge in [-0.2, -0.15) is 0 Å². The van der Waals surface area contributed by atoms with Gasteiger partial charge in [0.25, 0.3) is 0 Å². The predicted octanol–water partition coefficient (Wildman–Crippen LogP) is 3.29. The van der Waals surface area contributed by atoms with Crippen molar-refractivity contribution in [2.24, 2.45) is 5.73 Å². The molecule has 1 unspecified atom stereocenters. The van der Waals surface area contributed by atoms with Gasteiger partial charge >= 0.3 is 7.60 Å². The van der Waals surface area contributed by atoms with Crippen LogP contribution in [-0.4, -0.2) is 24.2 Å². The van der Waals surface area contributed by atoms with Crippen LogP contribution in [0.5, 0.6) is 0 Å². The highest BCUT2D eigenvalue weighted by molar-refractivity contribution is 7.52. The van der Waals surface area contributed by atoms with Crippen LogP contribution in [0.2, 0.25) is 0 Å². The molecule has 0 saturated carbocycles. The molecular weight excluding hydrogens is 237 g/mol. The van der Waals surface area contributed by atoms with E-state index in [1.54, 1.807) is 0 Å². The van der Waals surface area contributed by atoms with Gasteiger partial charge in [0.15, 0.2) is 0 Å². The second-order valence-corrected chi connectivity index (χ2v) is 6.44. The summed E-state index contributed by atoms with van der Waals surface area (Å²) < 4.78 is 16.6. The Morgan fingerprint density at radius 1 is 1.06 bits per heavy atom. The third-order valence-electron chi connectivity index (χ3n) is 2.69. The van der Waals surface area contributed by atoms with Gasteiger partial charge in [-0.05, 0) is 25.8 Å². The van der Waals surface area contributed by atoms with Gasteiger partial charge in [-0.15, -0.1) is 0 Å². The van der Waals surface area contributed by atoms with E-state index in [2.05, 4.69) is 6.92 Å². The highest BCUT2D eigenvalue weighted by Crippen LogP contribution is 2.43. The molecule has 3 N–H and O–H groups in total. The quantitative estimate of drug-likeness (QED) is 0.419. The highest BCUT2D eigenvalue weighted by atomic mass is 31.2. The smallest absolute Gasteiger partial charge is 0.328 e. The molecule has 5 heteroatoms. The van der Waals surface area contributed by atoms with E-state index in [0.717, 1.165) is 57.9 Å². The second-order valence-electron chi connectivity index (χ2n) is 4.46. The van der Waals surface area contributed by atoms with E-state index in [0.29, 0.717) is 12.8 Å². The van der Waals surface area contributed by atoms with Crippen molar-refractivity contribution in [2.75, 3.05) is 19.3 Å². The average molecular weight is 265 g/mol. The third kappa shape index (κ3) is 12.4. The van der Waals surface area contributed by atoms with E-state index in [4.69, 9.17) is 10.3 Å². The first-order valence-electron chi connectivity index (χ1n) is 6.79. The number of nitrogens with two attached hydrogens (primary N) is 1. The van der Waals surface area contributed by atoms with E-state index in [-0.39, 0.29) is 0 Å². The predicted molar refractivity (Wildman–Crippen MR) is 72.3 cm³/mol. The summed E-state index contributed by atoms with van der Waals surface area (Å²) in [5.74, 6) is 0. The first-order valence-corrected chi connectivity index (χ1v) is 8.55. The maximum atomic E-state index is 11.6. The van der Waals surface area contributed by atoms with Crippen molar-refractivity contribution in [3.05, 3.63) is 0 Å². The fraction of sp³-hybridized carbons (Fsp3) is 1.00. The molecule has 0 amide bonds. The number of rotatable bonds is 12. The molecule has 0 aliphatic rings. The first-order chi connectivity index (χ1) is 8.12. The number of hydrogen-bond donors (Lipinski definition) is 2. The van der Waals surface area contributed by atoms with Crippen LogP contribution in [0.25, 0.3) is 0 Å². The molecule has 0 heterocycles. The largest absolute Gasteiger partial charge is 0.330 e. The Morgan fingerprint density at radius 3 is 2.35 bits per heavy atom. The van der Waals surface area contributed by atoms with Gasteiger partial charge in [0, 0.05) is 6.16 Å². The maximum Gasteiger partial charge on any atom is 0.328 e. The van der Waals surface area contributed by atoms with Crippen molar-refractivity contribution in [1.82, 2.24) is 0 Å². The Hall–Kier alpha value is 0.110. The lowest BCUT2D eigenvalue weighted by atomic mass is 10.2. The topological polar surface area (TPSA) is 72.5 Å². The Labute approximate surface area is 105 Å².